The van der Waals surface area contributed by atoms with Crippen molar-refractivity contribution in [2.45, 2.75) is 0 Å². The second kappa shape index (κ2) is 5.79. The van der Waals surface area contributed by atoms with Gasteiger partial charge in [0.25, 0.3) is 0 Å². The molecule has 16 heavy (non-hydrogen) atoms. The zero-order chi connectivity index (χ0) is 12.0. The lowest BCUT2D eigenvalue weighted by molar-refractivity contribution is 0.0600. The Morgan fingerprint density at radius 3 is 2.88 bits per heavy atom. The highest BCUT2D eigenvalue weighted by atomic mass is 16.5. The molecule has 1 rings (SSSR count). The first kappa shape index (κ1) is 12.1. The van der Waals surface area contributed by atoms with Crippen LogP contribution in [0, 0.1) is 11.8 Å². The fraction of sp³-hybridized carbons (Fsp3) is 0.250. The maximum absolute atomic E-state index is 11.5. The molecule has 0 bridgehead atoms. The monoisotopic (exact) mass is 218 g/mol. The molecule has 4 heteroatoms. The number of esters is 1. The van der Waals surface area contributed by atoms with E-state index in [-0.39, 0.29) is 6.54 Å². The van der Waals surface area contributed by atoms with Crippen molar-refractivity contribution in [2.24, 2.45) is 5.73 Å². The lowest BCUT2D eigenvalue weighted by Crippen LogP contribution is -2.05. The lowest BCUT2D eigenvalue weighted by Gasteiger charge is -2.05. The Labute approximate surface area is 94.8 Å². The second-order valence-corrected chi connectivity index (χ2v) is 3.01. The molecule has 84 valence electrons. The zero-order valence-electron chi connectivity index (χ0n) is 9.33. The van der Waals surface area contributed by atoms with Gasteiger partial charge in [0, 0.05) is 18.3 Å². The van der Waals surface area contributed by atoms with Crippen molar-refractivity contribution in [3.63, 3.8) is 0 Å². The Kier molecular flexibility index (Phi) is 4.37. The number of nitrogens with two attached hydrogens (primary N) is 1. The smallest absolute Gasteiger partial charge is 0.339 e. The van der Waals surface area contributed by atoms with Crippen molar-refractivity contribution in [3.8, 4) is 11.8 Å². The summed E-state index contributed by atoms with van der Waals surface area (Å²) < 4.78 is 4.67. The van der Waals surface area contributed by atoms with Crippen molar-refractivity contribution >= 4 is 11.7 Å². The quantitative estimate of drug-likeness (QED) is 0.570. The summed E-state index contributed by atoms with van der Waals surface area (Å²) in [5, 5.41) is 2.98. The van der Waals surface area contributed by atoms with Gasteiger partial charge in [0.2, 0.25) is 0 Å². The minimum absolute atomic E-state index is 0.254. The Morgan fingerprint density at radius 1 is 1.56 bits per heavy atom. The molecule has 0 saturated carbocycles. The number of ether oxygens (including phenoxy) is 1. The molecule has 0 radical (unpaired) electrons. The Balaban J connectivity index is 3.21. The molecule has 1 aromatic carbocycles. The van der Waals surface area contributed by atoms with Crippen molar-refractivity contribution in [1.29, 1.82) is 0 Å². The van der Waals surface area contributed by atoms with Crippen molar-refractivity contribution in [2.75, 3.05) is 26.0 Å². The average Bonchev–Trinajstić information content (AvgIpc) is 2.34. The van der Waals surface area contributed by atoms with Crippen LogP contribution >= 0.6 is 0 Å². The van der Waals surface area contributed by atoms with Crippen molar-refractivity contribution < 1.29 is 9.53 Å². The minimum Gasteiger partial charge on any atom is -0.465 e. The van der Waals surface area contributed by atoms with Gasteiger partial charge in [0.05, 0.1) is 19.2 Å². The third-order valence-electron chi connectivity index (χ3n) is 2.04. The highest BCUT2D eigenvalue weighted by Gasteiger charge is 2.10. The molecule has 0 aromatic heterocycles. The van der Waals surface area contributed by atoms with E-state index < -0.39 is 5.97 Å². The van der Waals surface area contributed by atoms with Gasteiger partial charge in [-0.15, -0.1) is 0 Å². The number of carbonyl (C=O) groups is 1. The lowest BCUT2D eigenvalue weighted by atomic mass is 10.1. The van der Waals surface area contributed by atoms with E-state index in [9.17, 15) is 4.79 Å². The fourth-order valence-corrected chi connectivity index (χ4v) is 1.24. The molecule has 0 spiro atoms. The largest absolute Gasteiger partial charge is 0.465 e. The van der Waals surface area contributed by atoms with Gasteiger partial charge in [-0.3, -0.25) is 0 Å². The standard InChI is InChI=1S/C12H14N2O2/c1-14-10-5-6-11(12(15)16-2)9(8-10)4-3-7-13/h5-6,8,14H,7,13H2,1-2H3. The Hall–Kier alpha value is -1.99. The van der Waals surface area contributed by atoms with E-state index in [4.69, 9.17) is 5.73 Å². The Bertz CT molecular complexity index is 444. The molecule has 0 aliphatic rings. The van der Waals surface area contributed by atoms with Crippen LogP contribution in [0.15, 0.2) is 18.2 Å². The maximum atomic E-state index is 11.5. The summed E-state index contributed by atoms with van der Waals surface area (Å²) in [5.41, 5.74) is 7.25. The van der Waals surface area contributed by atoms with Gasteiger partial charge in [0.15, 0.2) is 0 Å². The van der Waals surface area contributed by atoms with Crippen LogP contribution in [-0.2, 0) is 4.74 Å². The third kappa shape index (κ3) is 2.75. The van der Waals surface area contributed by atoms with Gasteiger partial charge in [-0.25, -0.2) is 4.79 Å². The predicted octanol–water partition coefficient (Wildman–Crippen LogP) is 0.825. The molecule has 0 aliphatic carbocycles. The van der Waals surface area contributed by atoms with Crippen molar-refractivity contribution in [3.05, 3.63) is 29.3 Å². The first-order valence-corrected chi connectivity index (χ1v) is 4.82. The molecule has 0 fully saturated rings. The van der Waals surface area contributed by atoms with Gasteiger partial charge in [-0.1, -0.05) is 11.8 Å². The number of methoxy groups -OCH3 is 1. The van der Waals surface area contributed by atoms with Crippen LogP contribution in [0.25, 0.3) is 0 Å². The minimum atomic E-state index is -0.399. The van der Waals surface area contributed by atoms with Gasteiger partial charge in [0.1, 0.15) is 0 Å². The molecular weight excluding hydrogens is 204 g/mol. The number of hydrogen-bond acceptors (Lipinski definition) is 4. The average molecular weight is 218 g/mol. The van der Waals surface area contributed by atoms with E-state index in [1.807, 2.05) is 0 Å². The molecule has 0 saturated heterocycles. The molecule has 0 amide bonds. The number of nitrogens with one attached hydrogen (secondary N) is 1. The van der Waals surface area contributed by atoms with Gasteiger partial charge in [-0.05, 0) is 18.2 Å². The third-order valence-corrected chi connectivity index (χ3v) is 2.04. The van der Waals surface area contributed by atoms with Gasteiger partial charge in [-0.2, -0.15) is 0 Å². The summed E-state index contributed by atoms with van der Waals surface area (Å²) in [6.07, 6.45) is 0. The molecule has 0 unspecified atom stereocenters. The first-order chi connectivity index (χ1) is 7.72. The molecule has 0 heterocycles. The molecule has 4 nitrogen and oxygen atoms in total. The zero-order valence-corrected chi connectivity index (χ0v) is 9.33. The van der Waals surface area contributed by atoms with E-state index in [1.54, 1.807) is 25.2 Å². The van der Waals surface area contributed by atoms with E-state index in [0.29, 0.717) is 11.1 Å². The SMILES string of the molecule is CNc1ccc(C(=O)OC)c(C#CCN)c1. The number of carbonyl (C=O) groups excluding carboxylic acids is 1. The normalized spacial score (nSPS) is 8.94. The molecule has 1 aromatic rings. The number of rotatable bonds is 2. The maximum Gasteiger partial charge on any atom is 0.339 e. The fourth-order valence-electron chi connectivity index (χ4n) is 1.24. The molecule has 0 aliphatic heterocycles. The summed E-state index contributed by atoms with van der Waals surface area (Å²) in [5.74, 6) is 5.17. The molecule has 0 atom stereocenters. The van der Waals surface area contributed by atoms with Crippen LogP contribution in [0.1, 0.15) is 15.9 Å². The first-order valence-electron chi connectivity index (χ1n) is 4.82. The summed E-state index contributed by atoms with van der Waals surface area (Å²) >= 11 is 0. The van der Waals surface area contributed by atoms with Crippen LogP contribution in [0.4, 0.5) is 5.69 Å². The van der Waals surface area contributed by atoms with E-state index in [0.717, 1.165) is 5.69 Å². The van der Waals surface area contributed by atoms with Gasteiger partial charge < -0.3 is 15.8 Å². The Morgan fingerprint density at radius 2 is 2.31 bits per heavy atom. The summed E-state index contributed by atoms with van der Waals surface area (Å²) in [6, 6.07) is 5.26. The van der Waals surface area contributed by atoms with Crippen LogP contribution in [0.3, 0.4) is 0 Å². The highest BCUT2D eigenvalue weighted by molar-refractivity contribution is 5.92. The van der Waals surface area contributed by atoms with E-state index in [1.165, 1.54) is 7.11 Å². The van der Waals surface area contributed by atoms with E-state index >= 15 is 0 Å². The van der Waals surface area contributed by atoms with Crippen molar-refractivity contribution in [1.82, 2.24) is 0 Å². The highest BCUT2D eigenvalue weighted by Crippen LogP contribution is 2.15. The van der Waals surface area contributed by atoms with Crippen LogP contribution in [0.2, 0.25) is 0 Å². The van der Waals surface area contributed by atoms with E-state index in [2.05, 4.69) is 21.9 Å². The van der Waals surface area contributed by atoms with Crippen LogP contribution < -0.4 is 11.1 Å². The number of benzene rings is 1. The second-order valence-electron chi connectivity index (χ2n) is 3.01. The van der Waals surface area contributed by atoms with Gasteiger partial charge >= 0.3 is 5.97 Å². The van der Waals surface area contributed by atoms with Crippen LogP contribution in [-0.4, -0.2) is 26.7 Å². The number of hydrogen-bond donors (Lipinski definition) is 2. The summed E-state index contributed by atoms with van der Waals surface area (Å²) in [6.45, 7) is 0.254. The predicted molar refractivity (Wildman–Crippen MR) is 63.3 cm³/mol. The summed E-state index contributed by atoms with van der Waals surface area (Å²) in [4.78, 5) is 11.5. The topological polar surface area (TPSA) is 64.3 Å². The van der Waals surface area contributed by atoms with Crippen LogP contribution in [0.5, 0.6) is 0 Å². The number of anilines is 1. The summed E-state index contributed by atoms with van der Waals surface area (Å²) in [7, 11) is 3.14. The molecular formula is C12H14N2O2. The molecule has 3 N–H and O–H groups in total.